The number of anilines is 1. The fourth-order valence-electron chi connectivity index (χ4n) is 3.32. The van der Waals surface area contributed by atoms with Crippen LogP contribution in [0.1, 0.15) is 35.1 Å². The number of nitrogens with zero attached hydrogens (tertiary/aromatic N) is 1. The molecule has 0 aromatic heterocycles. The van der Waals surface area contributed by atoms with E-state index < -0.39 is 23.5 Å². The second kappa shape index (κ2) is 7.99. The molecular formula is C21H17F6NO. The maximum atomic E-state index is 13.0. The van der Waals surface area contributed by atoms with E-state index in [0.29, 0.717) is 30.7 Å². The molecule has 0 saturated carbocycles. The standard InChI is InChI=1S/C21H17F6NO/c22-20(23,24)16-10-14(11-17(12-16)21(25,26)27)7-8-18-5-3-9-28(18)19-6-2-1-4-15(19)13-29/h1-2,4,6,10-12,18,29H,3,5,9,13H2. The van der Waals surface area contributed by atoms with Crippen molar-refractivity contribution in [1.82, 2.24) is 0 Å². The molecule has 0 bridgehead atoms. The van der Waals surface area contributed by atoms with E-state index in [2.05, 4.69) is 11.8 Å². The van der Waals surface area contributed by atoms with Gasteiger partial charge >= 0.3 is 12.4 Å². The monoisotopic (exact) mass is 413 g/mol. The number of alkyl halides is 6. The molecule has 2 nitrogen and oxygen atoms in total. The molecule has 1 atom stereocenters. The predicted molar refractivity (Wildman–Crippen MR) is 96.1 cm³/mol. The molecular weight excluding hydrogens is 396 g/mol. The topological polar surface area (TPSA) is 23.5 Å². The summed E-state index contributed by atoms with van der Waals surface area (Å²) in [6, 6.07) is 8.09. The molecule has 0 amide bonds. The molecule has 1 unspecified atom stereocenters. The van der Waals surface area contributed by atoms with E-state index in [9.17, 15) is 31.4 Å². The third kappa shape index (κ3) is 4.85. The Kier molecular flexibility index (Phi) is 5.80. The summed E-state index contributed by atoms with van der Waals surface area (Å²) in [6.07, 6.45) is -8.42. The number of para-hydroxylation sites is 1. The lowest BCUT2D eigenvalue weighted by Gasteiger charge is -2.25. The Hall–Kier alpha value is -2.66. The molecule has 0 spiro atoms. The van der Waals surface area contributed by atoms with E-state index in [4.69, 9.17) is 0 Å². The quantitative estimate of drug-likeness (QED) is 0.538. The van der Waals surface area contributed by atoms with Crippen molar-refractivity contribution in [3.63, 3.8) is 0 Å². The minimum absolute atomic E-state index is 0.0878. The van der Waals surface area contributed by atoms with Crippen LogP contribution >= 0.6 is 0 Å². The number of rotatable bonds is 2. The van der Waals surface area contributed by atoms with Gasteiger partial charge in [0, 0.05) is 23.4 Å². The lowest BCUT2D eigenvalue weighted by atomic mass is 10.0. The number of aliphatic hydroxyl groups is 1. The highest BCUT2D eigenvalue weighted by atomic mass is 19.4. The highest BCUT2D eigenvalue weighted by molar-refractivity contribution is 5.57. The molecule has 0 radical (unpaired) electrons. The number of hydrogen-bond donors (Lipinski definition) is 1. The molecule has 2 aromatic carbocycles. The molecule has 1 fully saturated rings. The average molecular weight is 413 g/mol. The van der Waals surface area contributed by atoms with Gasteiger partial charge in [-0.25, -0.2) is 0 Å². The molecule has 1 N–H and O–H groups in total. The normalized spacial score (nSPS) is 17.2. The summed E-state index contributed by atoms with van der Waals surface area (Å²) < 4.78 is 78.0. The largest absolute Gasteiger partial charge is 0.416 e. The zero-order valence-corrected chi connectivity index (χ0v) is 15.1. The summed E-state index contributed by atoms with van der Waals surface area (Å²) in [5, 5.41) is 9.51. The highest BCUT2D eigenvalue weighted by Crippen LogP contribution is 2.36. The number of benzene rings is 2. The molecule has 154 valence electrons. The van der Waals surface area contributed by atoms with Crippen molar-refractivity contribution in [2.75, 3.05) is 11.4 Å². The molecule has 0 aliphatic carbocycles. The Morgan fingerprint density at radius 3 is 2.17 bits per heavy atom. The lowest BCUT2D eigenvalue weighted by Crippen LogP contribution is -2.28. The van der Waals surface area contributed by atoms with Crippen LogP contribution in [0.4, 0.5) is 32.0 Å². The minimum Gasteiger partial charge on any atom is -0.392 e. The van der Waals surface area contributed by atoms with E-state index in [-0.39, 0.29) is 24.3 Å². The van der Waals surface area contributed by atoms with Crippen LogP contribution < -0.4 is 4.90 Å². The summed E-state index contributed by atoms with van der Waals surface area (Å²) in [7, 11) is 0. The molecule has 29 heavy (non-hydrogen) atoms. The SMILES string of the molecule is OCc1ccccc1N1CCCC1C#Cc1cc(C(F)(F)F)cc(C(F)(F)F)c1. The summed E-state index contributed by atoms with van der Waals surface area (Å²) in [4.78, 5) is 1.91. The van der Waals surface area contributed by atoms with Crippen molar-refractivity contribution in [2.24, 2.45) is 0 Å². The Labute approximate surface area is 163 Å². The third-order valence-electron chi connectivity index (χ3n) is 4.69. The van der Waals surface area contributed by atoms with Crippen molar-refractivity contribution in [2.45, 2.75) is 37.8 Å². The molecule has 2 aromatic rings. The Morgan fingerprint density at radius 2 is 1.59 bits per heavy atom. The lowest BCUT2D eigenvalue weighted by molar-refractivity contribution is -0.143. The zero-order valence-electron chi connectivity index (χ0n) is 15.1. The third-order valence-corrected chi connectivity index (χ3v) is 4.69. The Balaban J connectivity index is 1.96. The van der Waals surface area contributed by atoms with Crippen LogP contribution in [0.15, 0.2) is 42.5 Å². The Bertz CT molecular complexity index is 906. The van der Waals surface area contributed by atoms with Crippen molar-refractivity contribution in [3.8, 4) is 11.8 Å². The van der Waals surface area contributed by atoms with Crippen molar-refractivity contribution < 1.29 is 31.4 Å². The molecule has 1 heterocycles. The van der Waals surface area contributed by atoms with E-state index in [1.54, 1.807) is 24.3 Å². The molecule has 1 aliphatic heterocycles. The molecule has 1 saturated heterocycles. The van der Waals surface area contributed by atoms with E-state index in [1.165, 1.54) is 0 Å². The van der Waals surface area contributed by atoms with Gasteiger partial charge in [-0.3, -0.25) is 0 Å². The van der Waals surface area contributed by atoms with Crippen LogP contribution in [0.25, 0.3) is 0 Å². The minimum atomic E-state index is -4.91. The first-order chi connectivity index (χ1) is 13.6. The smallest absolute Gasteiger partial charge is 0.392 e. The first-order valence-corrected chi connectivity index (χ1v) is 8.86. The molecule has 1 aliphatic rings. The van der Waals surface area contributed by atoms with Gasteiger partial charge in [-0.05, 0) is 37.1 Å². The van der Waals surface area contributed by atoms with Crippen LogP contribution in [0.3, 0.4) is 0 Å². The second-order valence-electron chi connectivity index (χ2n) is 6.70. The highest BCUT2D eigenvalue weighted by Gasteiger charge is 2.36. The van der Waals surface area contributed by atoms with Crippen LogP contribution in [0.5, 0.6) is 0 Å². The fourth-order valence-corrected chi connectivity index (χ4v) is 3.32. The van der Waals surface area contributed by atoms with E-state index in [0.717, 1.165) is 12.1 Å². The van der Waals surface area contributed by atoms with Crippen LogP contribution in [-0.2, 0) is 19.0 Å². The summed E-state index contributed by atoms with van der Waals surface area (Å²) >= 11 is 0. The predicted octanol–water partition coefficient (Wildman–Crippen LogP) is 5.24. The molecule has 3 rings (SSSR count). The van der Waals surface area contributed by atoms with E-state index >= 15 is 0 Å². The fraction of sp³-hybridized carbons (Fsp3) is 0.333. The summed E-state index contributed by atoms with van der Waals surface area (Å²) in [6.45, 7) is 0.447. The average Bonchev–Trinajstić information content (AvgIpc) is 3.13. The van der Waals surface area contributed by atoms with Crippen LogP contribution in [0, 0.1) is 11.8 Å². The summed E-state index contributed by atoms with van der Waals surface area (Å²) in [5.41, 5.74) is -1.67. The number of hydrogen-bond acceptors (Lipinski definition) is 2. The maximum absolute atomic E-state index is 13.0. The van der Waals surface area contributed by atoms with Crippen LogP contribution in [-0.4, -0.2) is 17.7 Å². The summed E-state index contributed by atoms with van der Waals surface area (Å²) in [5.74, 6) is 5.31. The zero-order chi connectivity index (χ0) is 21.2. The van der Waals surface area contributed by atoms with Gasteiger partial charge in [-0.15, -0.1) is 0 Å². The van der Waals surface area contributed by atoms with Gasteiger partial charge < -0.3 is 10.0 Å². The van der Waals surface area contributed by atoms with Crippen molar-refractivity contribution in [1.29, 1.82) is 0 Å². The molecule has 8 heteroatoms. The number of aliphatic hydroxyl groups excluding tert-OH is 1. The number of halogens is 6. The van der Waals surface area contributed by atoms with Gasteiger partial charge in [0.15, 0.2) is 0 Å². The first-order valence-electron chi connectivity index (χ1n) is 8.86. The van der Waals surface area contributed by atoms with Gasteiger partial charge in [0.25, 0.3) is 0 Å². The van der Waals surface area contributed by atoms with Crippen LogP contribution in [0.2, 0.25) is 0 Å². The van der Waals surface area contributed by atoms with Crippen molar-refractivity contribution >= 4 is 5.69 Å². The van der Waals surface area contributed by atoms with Gasteiger partial charge in [-0.2, -0.15) is 26.3 Å². The maximum Gasteiger partial charge on any atom is 0.416 e. The van der Waals surface area contributed by atoms with E-state index in [1.807, 2.05) is 4.90 Å². The van der Waals surface area contributed by atoms with Gasteiger partial charge in [-0.1, -0.05) is 30.0 Å². The van der Waals surface area contributed by atoms with Crippen molar-refractivity contribution in [3.05, 3.63) is 64.7 Å². The first kappa shape index (κ1) is 21.1. The second-order valence-corrected chi connectivity index (χ2v) is 6.70. The Morgan fingerprint density at radius 1 is 0.966 bits per heavy atom. The van der Waals surface area contributed by atoms with Gasteiger partial charge in [0.2, 0.25) is 0 Å². The van der Waals surface area contributed by atoms with Gasteiger partial charge in [0.1, 0.15) is 0 Å². The van der Waals surface area contributed by atoms with Gasteiger partial charge in [0.05, 0.1) is 23.8 Å².